The Balaban J connectivity index is 1.63. The average Bonchev–Trinajstić information content (AvgIpc) is 2.79. The largest absolute Gasteiger partial charge is 0.339 e. The fourth-order valence-corrected chi connectivity index (χ4v) is 5.25. The van der Waals surface area contributed by atoms with Gasteiger partial charge in [-0.15, -0.1) is 0 Å². The molecule has 0 spiro atoms. The van der Waals surface area contributed by atoms with Crippen LogP contribution in [-0.2, 0) is 10.0 Å². The van der Waals surface area contributed by atoms with Crippen LogP contribution in [0.15, 0.2) is 42.5 Å². The summed E-state index contributed by atoms with van der Waals surface area (Å²) in [5.41, 5.74) is 3.57. The van der Waals surface area contributed by atoms with E-state index >= 15 is 0 Å². The van der Waals surface area contributed by atoms with Gasteiger partial charge in [0.15, 0.2) is 0 Å². The maximum absolute atomic E-state index is 13.1. The Morgan fingerprint density at radius 3 is 2.42 bits per heavy atom. The summed E-state index contributed by atoms with van der Waals surface area (Å²) in [4.78, 5) is 16.9. The summed E-state index contributed by atoms with van der Waals surface area (Å²) in [7, 11) is 0.334. The Kier molecular flexibility index (Phi) is 8.11. The molecule has 1 aliphatic rings. The highest BCUT2D eigenvalue weighted by molar-refractivity contribution is 7.92. The van der Waals surface area contributed by atoms with Gasteiger partial charge in [0, 0.05) is 18.7 Å². The zero-order chi connectivity index (χ0) is 24.0. The minimum atomic E-state index is -3.48. The number of benzene rings is 2. The molecule has 2 aromatic carbocycles. The molecule has 176 valence electrons. The van der Waals surface area contributed by atoms with E-state index in [9.17, 15) is 13.2 Å². The number of amides is 1. The summed E-state index contributed by atoms with van der Waals surface area (Å²) in [6.07, 6.45) is 2.25. The van der Waals surface area contributed by atoms with Crippen molar-refractivity contribution in [3.63, 3.8) is 0 Å². The molecule has 1 aliphatic heterocycles. The maximum Gasteiger partial charge on any atom is 0.253 e. The van der Waals surface area contributed by atoms with Crippen LogP contribution >= 0.6 is 0 Å². The lowest BCUT2D eigenvalue weighted by atomic mass is 9.89. The van der Waals surface area contributed by atoms with Crippen molar-refractivity contribution in [3.8, 4) is 6.07 Å². The number of hydrogen-bond acceptors (Lipinski definition) is 5. The summed E-state index contributed by atoms with van der Waals surface area (Å²) in [6.45, 7) is 3.80. The molecule has 0 atom stereocenters. The molecule has 0 aromatic heterocycles. The van der Waals surface area contributed by atoms with Crippen LogP contribution in [0.1, 0.15) is 52.2 Å². The van der Waals surface area contributed by atoms with Crippen LogP contribution in [0.4, 0.5) is 5.69 Å². The van der Waals surface area contributed by atoms with Crippen LogP contribution in [-0.4, -0.2) is 63.6 Å². The molecule has 2 aromatic rings. The van der Waals surface area contributed by atoms with Crippen LogP contribution < -0.4 is 4.72 Å². The van der Waals surface area contributed by atoms with Crippen LogP contribution in [0, 0.1) is 18.3 Å². The molecule has 0 bridgehead atoms. The molecule has 0 aliphatic carbocycles. The quantitative estimate of drug-likeness (QED) is 0.639. The molecular weight excluding hydrogens is 436 g/mol. The molecular formula is C25H32N4O3S. The predicted octanol–water partition coefficient (Wildman–Crippen LogP) is 3.58. The number of aryl methyl sites for hydroxylation is 1. The number of nitriles is 1. The maximum atomic E-state index is 13.1. The molecule has 8 heteroatoms. The number of nitrogens with one attached hydrogen (secondary N) is 1. The van der Waals surface area contributed by atoms with Gasteiger partial charge in [-0.25, -0.2) is 8.42 Å². The van der Waals surface area contributed by atoms with Crippen molar-refractivity contribution in [2.45, 2.75) is 32.1 Å². The smallest absolute Gasteiger partial charge is 0.253 e. The molecule has 1 fully saturated rings. The van der Waals surface area contributed by atoms with Gasteiger partial charge in [0.1, 0.15) is 0 Å². The number of piperidine rings is 1. The van der Waals surface area contributed by atoms with E-state index in [4.69, 9.17) is 5.26 Å². The fraction of sp³-hybridized carbons (Fsp3) is 0.440. The second-order valence-corrected chi connectivity index (χ2v) is 10.7. The summed E-state index contributed by atoms with van der Waals surface area (Å²) >= 11 is 0. The number of nitrogens with zero attached hydrogens (tertiary/aromatic N) is 3. The van der Waals surface area contributed by atoms with E-state index in [1.807, 2.05) is 55.1 Å². The van der Waals surface area contributed by atoms with Crippen molar-refractivity contribution < 1.29 is 13.2 Å². The van der Waals surface area contributed by atoms with E-state index in [2.05, 4.69) is 10.8 Å². The molecule has 1 heterocycles. The van der Waals surface area contributed by atoms with Gasteiger partial charge in [0.25, 0.3) is 5.91 Å². The van der Waals surface area contributed by atoms with Gasteiger partial charge in [0.2, 0.25) is 10.0 Å². The number of carbonyl (C=O) groups excluding carboxylic acids is 1. The monoisotopic (exact) mass is 468 g/mol. The lowest BCUT2D eigenvalue weighted by molar-refractivity contribution is 0.0713. The predicted molar refractivity (Wildman–Crippen MR) is 131 cm³/mol. The van der Waals surface area contributed by atoms with E-state index in [1.165, 1.54) is 5.56 Å². The number of carbonyl (C=O) groups is 1. The summed E-state index contributed by atoms with van der Waals surface area (Å²) in [5.74, 6) is 0.316. The standard InChI is InChI=1S/C25H32N4O3S/c1-19-5-8-23(17-24(19)27-33(31,32)16-4-13-28(2)3)25(30)29-14-11-22(12-15-29)21-9-6-20(18-26)7-10-21/h5-10,17,22,27H,4,11-16H2,1-3H3. The molecule has 7 nitrogen and oxygen atoms in total. The molecule has 1 saturated heterocycles. The summed E-state index contributed by atoms with van der Waals surface area (Å²) in [6, 6.07) is 15.0. The number of anilines is 1. The van der Waals surface area contributed by atoms with Crippen molar-refractivity contribution in [2.24, 2.45) is 0 Å². The minimum absolute atomic E-state index is 0.0334. The topological polar surface area (TPSA) is 93.5 Å². The van der Waals surface area contributed by atoms with E-state index < -0.39 is 10.0 Å². The van der Waals surface area contributed by atoms with E-state index in [1.54, 1.807) is 18.2 Å². The zero-order valence-corrected chi connectivity index (χ0v) is 20.4. The SMILES string of the molecule is Cc1ccc(C(=O)N2CCC(c3ccc(C#N)cc3)CC2)cc1NS(=O)(=O)CCCN(C)C. The summed E-state index contributed by atoms with van der Waals surface area (Å²) < 4.78 is 27.6. The van der Waals surface area contributed by atoms with Crippen LogP contribution in [0.2, 0.25) is 0 Å². The first-order chi connectivity index (χ1) is 15.7. The highest BCUT2D eigenvalue weighted by atomic mass is 32.2. The Hall–Kier alpha value is -2.89. The molecule has 0 unspecified atom stereocenters. The average molecular weight is 469 g/mol. The van der Waals surface area contributed by atoms with Crippen LogP contribution in [0.3, 0.4) is 0 Å². The van der Waals surface area contributed by atoms with Crippen molar-refractivity contribution in [2.75, 3.05) is 44.2 Å². The van der Waals surface area contributed by atoms with Crippen LogP contribution in [0.25, 0.3) is 0 Å². The molecule has 0 saturated carbocycles. The third-order valence-electron chi connectivity index (χ3n) is 6.06. The first-order valence-electron chi connectivity index (χ1n) is 11.2. The second kappa shape index (κ2) is 10.8. The zero-order valence-electron chi connectivity index (χ0n) is 19.5. The van der Waals surface area contributed by atoms with Gasteiger partial charge in [0.05, 0.1) is 23.1 Å². The van der Waals surface area contributed by atoms with Gasteiger partial charge >= 0.3 is 0 Å². The third-order valence-corrected chi connectivity index (χ3v) is 7.42. The number of likely N-dealkylation sites (tertiary alicyclic amines) is 1. The Morgan fingerprint density at radius 2 is 1.82 bits per heavy atom. The Bertz CT molecular complexity index is 1110. The molecule has 1 amide bonds. The van der Waals surface area contributed by atoms with Crippen molar-refractivity contribution >= 4 is 21.6 Å². The van der Waals surface area contributed by atoms with Gasteiger partial charge in [-0.1, -0.05) is 18.2 Å². The summed E-state index contributed by atoms with van der Waals surface area (Å²) in [5, 5.41) is 8.97. The lowest BCUT2D eigenvalue weighted by Gasteiger charge is -2.32. The van der Waals surface area contributed by atoms with Crippen molar-refractivity contribution in [1.82, 2.24) is 9.80 Å². The highest BCUT2D eigenvalue weighted by Gasteiger charge is 2.25. The third kappa shape index (κ3) is 6.80. The highest BCUT2D eigenvalue weighted by Crippen LogP contribution is 2.29. The van der Waals surface area contributed by atoms with Crippen molar-refractivity contribution in [3.05, 3.63) is 64.7 Å². The molecule has 1 N–H and O–H groups in total. The molecule has 0 radical (unpaired) electrons. The number of sulfonamides is 1. The van der Waals surface area contributed by atoms with Gasteiger partial charge < -0.3 is 9.80 Å². The normalized spacial score (nSPS) is 14.8. The van der Waals surface area contributed by atoms with Gasteiger partial charge in [-0.3, -0.25) is 9.52 Å². The van der Waals surface area contributed by atoms with E-state index in [-0.39, 0.29) is 11.7 Å². The van der Waals surface area contributed by atoms with Gasteiger partial charge in [-0.2, -0.15) is 5.26 Å². The number of hydrogen-bond donors (Lipinski definition) is 1. The Morgan fingerprint density at radius 1 is 1.15 bits per heavy atom. The Labute approximate surface area is 197 Å². The fourth-order valence-electron chi connectivity index (χ4n) is 4.08. The van der Waals surface area contributed by atoms with Crippen LogP contribution in [0.5, 0.6) is 0 Å². The van der Waals surface area contributed by atoms with E-state index in [0.29, 0.717) is 48.8 Å². The van der Waals surface area contributed by atoms with E-state index in [0.717, 1.165) is 18.4 Å². The molecule has 3 rings (SSSR count). The number of rotatable bonds is 8. The first-order valence-corrected chi connectivity index (χ1v) is 12.9. The molecule has 33 heavy (non-hydrogen) atoms. The van der Waals surface area contributed by atoms with Gasteiger partial charge in [-0.05, 0) is 88.1 Å². The minimum Gasteiger partial charge on any atom is -0.339 e. The second-order valence-electron chi connectivity index (χ2n) is 8.91. The first kappa shape index (κ1) is 24.7. The lowest BCUT2D eigenvalue weighted by Crippen LogP contribution is -2.38. The van der Waals surface area contributed by atoms with Crippen molar-refractivity contribution in [1.29, 1.82) is 5.26 Å².